The lowest BCUT2D eigenvalue weighted by Crippen LogP contribution is -2.53. The fourth-order valence-electron chi connectivity index (χ4n) is 2.94. The third-order valence-corrected chi connectivity index (χ3v) is 9.90. The SMILES string of the molecule is CCC/C=C(\O/C(=C\CCC)[Si](OCC)(OCC)OCC)[Si](OCC)(OCC)OCC. The van der Waals surface area contributed by atoms with E-state index < -0.39 is 17.6 Å². The Labute approximate surface area is 192 Å². The van der Waals surface area contributed by atoms with E-state index in [1.54, 1.807) is 0 Å². The maximum Gasteiger partial charge on any atom is 0.574 e. The van der Waals surface area contributed by atoms with Gasteiger partial charge in [0, 0.05) is 39.6 Å². The molecule has 0 rings (SSSR count). The molecule has 7 nitrogen and oxygen atoms in total. The van der Waals surface area contributed by atoms with Crippen molar-refractivity contribution in [2.24, 2.45) is 0 Å². The maximum absolute atomic E-state index is 6.60. The van der Waals surface area contributed by atoms with E-state index >= 15 is 0 Å². The van der Waals surface area contributed by atoms with E-state index in [0.717, 1.165) is 25.7 Å². The summed E-state index contributed by atoms with van der Waals surface area (Å²) in [6.07, 6.45) is 7.59. The lowest BCUT2D eigenvalue weighted by molar-refractivity contribution is 0.0490. The van der Waals surface area contributed by atoms with Crippen molar-refractivity contribution >= 4 is 17.6 Å². The molecule has 0 heterocycles. The molecule has 0 N–H and O–H groups in total. The molecule has 0 atom stereocenters. The van der Waals surface area contributed by atoms with Crippen molar-refractivity contribution in [3.63, 3.8) is 0 Å². The molecule has 0 aliphatic heterocycles. The molecular formula is C22H46O7Si2. The van der Waals surface area contributed by atoms with Crippen LogP contribution in [0.25, 0.3) is 0 Å². The van der Waals surface area contributed by atoms with Crippen molar-refractivity contribution in [1.82, 2.24) is 0 Å². The van der Waals surface area contributed by atoms with Crippen molar-refractivity contribution in [3.05, 3.63) is 22.9 Å². The molecule has 0 aromatic carbocycles. The minimum Gasteiger partial charge on any atom is -0.460 e. The second-order valence-corrected chi connectivity index (χ2v) is 11.5. The van der Waals surface area contributed by atoms with Crippen LogP contribution in [0.5, 0.6) is 0 Å². The number of hydrogen-bond acceptors (Lipinski definition) is 7. The van der Waals surface area contributed by atoms with Crippen LogP contribution in [0.1, 0.15) is 81.1 Å². The fraction of sp³-hybridized carbons (Fsp3) is 0.818. The zero-order chi connectivity index (χ0) is 23.6. The predicted octanol–water partition coefficient (Wildman–Crippen LogP) is 5.55. The maximum atomic E-state index is 6.60. The van der Waals surface area contributed by atoms with Crippen molar-refractivity contribution in [3.8, 4) is 0 Å². The first-order valence-corrected chi connectivity index (χ1v) is 15.4. The third kappa shape index (κ3) is 9.87. The van der Waals surface area contributed by atoms with E-state index in [-0.39, 0.29) is 0 Å². The molecule has 0 aromatic heterocycles. The van der Waals surface area contributed by atoms with Gasteiger partial charge in [0.2, 0.25) is 0 Å². The second-order valence-electron chi connectivity index (χ2n) is 6.53. The van der Waals surface area contributed by atoms with E-state index in [2.05, 4.69) is 13.8 Å². The van der Waals surface area contributed by atoms with Crippen molar-refractivity contribution in [2.75, 3.05) is 39.6 Å². The van der Waals surface area contributed by atoms with Crippen LogP contribution in [0.15, 0.2) is 22.9 Å². The summed E-state index contributed by atoms with van der Waals surface area (Å²) >= 11 is 0. The lowest BCUT2D eigenvalue weighted by Gasteiger charge is -2.34. The Hall–Kier alpha value is -0.526. The van der Waals surface area contributed by atoms with Gasteiger partial charge in [-0.3, -0.25) is 0 Å². The van der Waals surface area contributed by atoms with E-state index in [4.69, 9.17) is 31.3 Å². The molecule has 0 spiro atoms. The predicted molar refractivity (Wildman–Crippen MR) is 128 cm³/mol. The van der Waals surface area contributed by atoms with E-state index in [1.165, 1.54) is 0 Å². The molecule has 184 valence electrons. The molecule has 0 saturated carbocycles. The first-order valence-electron chi connectivity index (χ1n) is 11.9. The summed E-state index contributed by atoms with van der Waals surface area (Å²) in [6.45, 7) is 18.6. The molecule has 0 bridgehead atoms. The Morgan fingerprint density at radius 2 is 0.742 bits per heavy atom. The normalized spacial score (nSPS) is 13.7. The molecule has 0 aromatic rings. The Kier molecular flexibility index (Phi) is 17.7. The summed E-state index contributed by atoms with van der Waals surface area (Å²) in [5, 5.41) is 1.16. The molecule has 0 amide bonds. The fourth-order valence-corrected chi connectivity index (χ4v) is 7.94. The molecule has 9 heteroatoms. The quantitative estimate of drug-likeness (QED) is 0.168. The van der Waals surface area contributed by atoms with Gasteiger partial charge in [-0.25, -0.2) is 0 Å². The molecule has 0 fully saturated rings. The molecule has 0 aliphatic carbocycles. The Balaban J connectivity index is 6.51. The first-order chi connectivity index (χ1) is 15.0. The monoisotopic (exact) mass is 478 g/mol. The smallest absolute Gasteiger partial charge is 0.460 e. The summed E-state index contributed by atoms with van der Waals surface area (Å²) in [5.41, 5.74) is 0. The molecule has 31 heavy (non-hydrogen) atoms. The molecule has 0 unspecified atom stereocenters. The Bertz CT molecular complexity index is 434. The van der Waals surface area contributed by atoms with E-state index in [0.29, 0.717) is 50.4 Å². The van der Waals surface area contributed by atoms with Crippen LogP contribution in [0.3, 0.4) is 0 Å². The minimum absolute atomic E-state index is 0.456. The highest BCUT2D eigenvalue weighted by Crippen LogP contribution is 2.30. The average molecular weight is 479 g/mol. The van der Waals surface area contributed by atoms with Crippen LogP contribution in [0, 0.1) is 0 Å². The van der Waals surface area contributed by atoms with Gasteiger partial charge in [0.15, 0.2) is 10.8 Å². The topological polar surface area (TPSA) is 64.6 Å². The van der Waals surface area contributed by atoms with Gasteiger partial charge in [-0.1, -0.05) is 26.7 Å². The zero-order valence-corrected chi connectivity index (χ0v) is 23.1. The standard InChI is InChI=1S/C22H46O7Si2/c1-9-17-19-21(30(23-11-3,24-12-4)25-13-5)29-22(20-18-10-2)31(26-14-6,27-15-7)28-16-8/h19-20H,9-18H2,1-8H3/b21-19+,22-20+. The first kappa shape index (κ1) is 30.5. The molecule has 0 aliphatic rings. The number of ether oxygens (including phenoxy) is 1. The number of allylic oxidation sites excluding steroid dienone is 2. The summed E-state index contributed by atoms with van der Waals surface area (Å²) < 4.78 is 43.4. The largest absolute Gasteiger partial charge is 0.574 e. The van der Waals surface area contributed by atoms with Crippen LogP contribution in [0.4, 0.5) is 0 Å². The number of rotatable bonds is 20. The lowest BCUT2D eigenvalue weighted by atomic mass is 10.3. The van der Waals surface area contributed by atoms with Gasteiger partial charge in [0.1, 0.15) is 0 Å². The number of hydrogen-bond donors (Lipinski definition) is 0. The van der Waals surface area contributed by atoms with Crippen LogP contribution in [0.2, 0.25) is 0 Å². The van der Waals surface area contributed by atoms with Crippen molar-refractivity contribution in [2.45, 2.75) is 81.1 Å². The van der Waals surface area contributed by atoms with E-state index in [9.17, 15) is 0 Å². The third-order valence-electron chi connectivity index (χ3n) is 4.07. The highest BCUT2D eigenvalue weighted by atomic mass is 28.4. The van der Waals surface area contributed by atoms with Gasteiger partial charge in [-0.15, -0.1) is 0 Å². The van der Waals surface area contributed by atoms with Crippen LogP contribution >= 0.6 is 0 Å². The highest BCUT2D eigenvalue weighted by Gasteiger charge is 2.53. The van der Waals surface area contributed by atoms with Gasteiger partial charge in [-0.2, -0.15) is 0 Å². The van der Waals surface area contributed by atoms with Gasteiger partial charge >= 0.3 is 17.6 Å². The molecule has 0 radical (unpaired) electrons. The highest BCUT2D eigenvalue weighted by molar-refractivity contribution is 6.70. The van der Waals surface area contributed by atoms with Crippen LogP contribution < -0.4 is 0 Å². The van der Waals surface area contributed by atoms with Gasteiger partial charge in [0.05, 0.1) is 0 Å². The number of unbranched alkanes of at least 4 members (excludes halogenated alkanes) is 2. The van der Waals surface area contributed by atoms with Crippen molar-refractivity contribution < 1.29 is 31.3 Å². The molecule has 0 saturated heterocycles. The van der Waals surface area contributed by atoms with Gasteiger partial charge < -0.3 is 31.3 Å². The molecular weight excluding hydrogens is 432 g/mol. The summed E-state index contributed by atoms with van der Waals surface area (Å²) in [7, 11) is -6.52. The summed E-state index contributed by atoms with van der Waals surface area (Å²) in [4.78, 5) is 0. The zero-order valence-electron chi connectivity index (χ0n) is 21.1. The second kappa shape index (κ2) is 18.0. The average Bonchev–Trinajstić information content (AvgIpc) is 2.74. The van der Waals surface area contributed by atoms with Gasteiger partial charge in [0.25, 0.3) is 0 Å². The van der Waals surface area contributed by atoms with Gasteiger partial charge in [-0.05, 0) is 66.5 Å². The van der Waals surface area contributed by atoms with Crippen LogP contribution in [-0.2, 0) is 31.3 Å². The summed E-state index contributed by atoms with van der Waals surface area (Å²) in [5.74, 6) is 0. The van der Waals surface area contributed by atoms with E-state index in [1.807, 2.05) is 53.7 Å². The Morgan fingerprint density at radius 3 is 0.935 bits per heavy atom. The van der Waals surface area contributed by atoms with Crippen LogP contribution in [-0.4, -0.2) is 57.3 Å². The summed E-state index contributed by atoms with van der Waals surface area (Å²) in [6, 6.07) is 0. The Morgan fingerprint density at radius 1 is 0.484 bits per heavy atom. The minimum atomic E-state index is -3.26. The van der Waals surface area contributed by atoms with Crippen molar-refractivity contribution in [1.29, 1.82) is 0 Å².